The highest BCUT2D eigenvalue weighted by molar-refractivity contribution is 9.10. The van der Waals surface area contributed by atoms with E-state index in [1.165, 1.54) is 18.2 Å². The van der Waals surface area contributed by atoms with Crippen molar-refractivity contribution >= 4 is 39.1 Å². The molecule has 2 rings (SSSR count). The minimum absolute atomic E-state index is 0.0539. The number of rotatable bonds is 4. The molecule has 0 spiro atoms. The number of hydrogen-bond acceptors (Lipinski definition) is 2. The highest BCUT2D eigenvalue weighted by Crippen LogP contribution is 2.22. The van der Waals surface area contributed by atoms with Crippen molar-refractivity contribution in [1.82, 2.24) is 0 Å². The van der Waals surface area contributed by atoms with Crippen molar-refractivity contribution in [3.05, 3.63) is 57.8 Å². The molecule has 0 fully saturated rings. The first-order chi connectivity index (χ1) is 10.9. The quantitative estimate of drug-likeness (QED) is 0.822. The minimum Gasteiger partial charge on any atom is -0.326 e. The molecule has 0 saturated carbocycles. The van der Waals surface area contributed by atoms with Gasteiger partial charge in [0.05, 0.1) is 5.56 Å². The van der Waals surface area contributed by atoms with Gasteiger partial charge in [0.25, 0.3) is 5.91 Å². The third-order valence-electron chi connectivity index (χ3n) is 3.26. The maximum atomic E-state index is 13.8. The second-order valence-corrected chi connectivity index (χ2v) is 5.93. The molecule has 0 saturated heterocycles. The zero-order valence-electron chi connectivity index (χ0n) is 12.7. The molecule has 2 amide bonds. The first-order valence-corrected chi connectivity index (χ1v) is 7.87. The van der Waals surface area contributed by atoms with Gasteiger partial charge in [-0.1, -0.05) is 28.9 Å². The first-order valence-electron chi connectivity index (χ1n) is 7.07. The number of carbonyl (C=O) groups excluding carboxylic acids is 2. The normalized spacial score (nSPS) is 10.3. The van der Waals surface area contributed by atoms with Crippen molar-refractivity contribution in [3.63, 3.8) is 0 Å². The molecule has 0 unspecified atom stereocenters. The summed E-state index contributed by atoms with van der Waals surface area (Å²) >= 11 is 3.22. The van der Waals surface area contributed by atoms with Gasteiger partial charge in [-0.15, -0.1) is 0 Å². The molecule has 0 radical (unpaired) electrons. The van der Waals surface area contributed by atoms with Crippen LogP contribution in [0.2, 0.25) is 0 Å². The van der Waals surface area contributed by atoms with Gasteiger partial charge in [-0.05, 0) is 42.8 Å². The van der Waals surface area contributed by atoms with Crippen LogP contribution in [0.5, 0.6) is 0 Å². The molecule has 0 aliphatic rings. The van der Waals surface area contributed by atoms with Gasteiger partial charge in [0.2, 0.25) is 5.91 Å². The van der Waals surface area contributed by atoms with Crippen LogP contribution in [0, 0.1) is 12.7 Å². The molecule has 4 nitrogen and oxygen atoms in total. The zero-order valence-corrected chi connectivity index (χ0v) is 14.3. The number of anilines is 2. The summed E-state index contributed by atoms with van der Waals surface area (Å²) in [7, 11) is 0. The van der Waals surface area contributed by atoms with Crippen LogP contribution in [0.3, 0.4) is 0 Å². The van der Waals surface area contributed by atoms with Crippen molar-refractivity contribution in [2.24, 2.45) is 0 Å². The molecule has 2 aromatic carbocycles. The lowest BCUT2D eigenvalue weighted by Crippen LogP contribution is -2.15. The number of aryl methyl sites for hydroxylation is 1. The van der Waals surface area contributed by atoms with E-state index in [4.69, 9.17) is 0 Å². The fraction of sp³-hybridized carbons (Fsp3) is 0.176. The van der Waals surface area contributed by atoms with Crippen molar-refractivity contribution < 1.29 is 14.0 Å². The molecule has 6 heteroatoms. The Morgan fingerprint density at radius 3 is 2.57 bits per heavy atom. The van der Waals surface area contributed by atoms with Crippen LogP contribution in [-0.2, 0) is 4.79 Å². The summed E-state index contributed by atoms with van der Waals surface area (Å²) in [5, 5.41) is 5.40. The maximum absolute atomic E-state index is 13.8. The van der Waals surface area contributed by atoms with Crippen LogP contribution < -0.4 is 10.6 Å². The second kappa shape index (κ2) is 7.37. The van der Waals surface area contributed by atoms with Crippen molar-refractivity contribution in [2.45, 2.75) is 20.3 Å². The maximum Gasteiger partial charge on any atom is 0.258 e. The molecule has 0 aromatic heterocycles. The summed E-state index contributed by atoms with van der Waals surface area (Å²) in [6, 6.07) is 9.35. The topological polar surface area (TPSA) is 58.2 Å². The van der Waals surface area contributed by atoms with Crippen LogP contribution in [0.15, 0.2) is 40.9 Å². The minimum atomic E-state index is -0.598. The van der Waals surface area contributed by atoms with Crippen molar-refractivity contribution in [1.29, 1.82) is 0 Å². The molecule has 0 aliphatic carbocycles. The summed E-state index contributed by atoms with van der Waals surface area (Å²) in [6.45, 7) is 3.57. The lowest BCUT2D eigenvalue weighted by molar-refractivity contribution is -0.115. The number of halogens is 2. The zero-order chi connectivity index (χ0) is 17.0. The van der Waals surface area contributed by atoms with Gasteiger partial charge >= 0.3 is 0 Å². The van der Waals surface area contributed by atoms with Crippen molar-refractivity contribution in [2.75, 3.05) is 10.6 Å². The molecule has 2 aromatic rings. The molecule has 23 heavy (non-hydrogen) atoms. The average Bonchev–Trinajstić information content (AvgIpc) is 2.52. The summed E-state index contributed by atoms with van der Waals surface area (Å²) in [6.07, 6.45) is 0.360. The van der Waals surface area contributed by atoms with E-state index < -0.39 is 11.7 Å². The number of benzene rings is 2. The van der Waals surface area contributed by atoms with Crippen LogP contribution in [0.25, 0.3) is 0 Å². The lowest BCUT2D eigenvalue weighted by atomic mass is 10.1. The van der Waals surface area contributed by atoms with E-state index in [0.717, 1.165) is 5.56 Å². The van der Waals surface area contributed by atoms with E-state index in [2.05, 4.69) is 26.6 Å². The SMILES string of the molecule is CCC(=O)Nc1ccc(C)c(NC(=O)c2cc(Br)ccc2F)c1. The monoisotopic (exact) mass is 378 g/mol. The molecular formula is C17H16BrFN2O2. The van der Waals surface area contributed by atoms with E-state index >= 15 is 0 Å². The average molecular weight is 379 g/mol. The van der Waals surface area contributed by atoms with Crippen LogP contribution in [-0.4, -0.2) is 11.8 Å². The Morgan fingerprint density at radius 1 is 1.13 bits per heavy atom. The predicted octanol–water partition coefficient (Wildman–Crippen LogP) is 4.50. The molecule has 0 atom stereocenters. The number of nitrogens with one attached hydrogen (secondary N) is 2. The van der Waals surface area contributed by atoms with E-state index in [9.17, 15) is 14.0 Å². The predicted molar refractivity (Wildman–Crippen MR) is 92.2 cm³/mol. The fourth-order valence-electron chi connectivity index (χ4n) is 1.94. The highest BCUT2D eigenvalue weighted by atomic mass is 79.9. The number of hydrogen-bond donors (Lipinski definition) is 2. The van der Waals surface area contributed by atoms with Gasteiger partial charge in [-0.2, -0.15) is 0 Å². The van der Waals surface area contributed by atoms with Gasteiger partial charge in [0, 0.05) is 22.3 Å². The summed E-state index contributed by atoms with van der Waals surface area (Å²) < 4.78 is 14.4. The molecule has 120 valence electrons. The Morgan fingerprint density at radius 2 is 1.87 bits per heavy atom. The number of amides is 2. The summed E-state index contributed by atoms with van der Waals surface area (Å²) in [5.74, 6) is -1.27. The van der Waals surface area contributed by atoms with Gasteiger partial charge < -0.3 is 10.6 Å². The Kier molecular flexibility index (Phi) is 5.50. The van der Waals surface area contributed by atoms with Crippen LogP contribution >= 0.6 is 15.9 Å². The lowest BCUT2D eigenvalue weighted by Gasteiger charge is -2.12. The van der Waals surface area contributed by atoms with E-state index in [1.54, 1.807) is 25.1 Å². The Bertz CT molecular complexity index is 762. The molecule has 0 bridgehead atoms. The standard InChI is InChI=1S/C17H16BrFN2O2/c1-3-16(22)20-12-6-4-10(2)15(9-12)21-17(23)13-8-11(18)5-7-14(13)19/h4-9H,3H2,1-2H3,(H,20,22)(H,21,23). The van der Waals surface area contributed by atoms with Gasteiger partial charge in [-0.25, -0.2) is 4.39 Å². The largest absolute Gasteiger partial charge is 0.326 e. The van der Waals surface area contributed by atoms with Crippen molar-refractivity contribution in [3.8, 4) is 0 Å². The Hall–Kier alpha value is -2.21. The molecule has 0 aliphatic heterocycles. The van der Waals surface area contributed by atoms with Crippen LogP contribution in [0.4, 0.5) is 15.8 Å². The molecule has 0 heterocycles. The van der Waals surface area contributed by atoms with Gasteiger partial charge in [0.15, 0.2) is 0 Å². The highest BCUT2D eigenvalue weighted by Gasteiger charge is 2.14. The summed E-state index contributed by atoms with van der Waals surface area (Å²) in [5.41, 5.74) is 1.85. The van der Waals surface area contributed by atoms with Gasteiger partial charge in [-0.3, -0.25) is 9.59 Å². The van der Waals surface area contributed by atoms with Crippen LogP contribution in [0.1, 0.15) is 29.3 Å². The fourth-order valence-corrected chi connectivity index (χ4v) is 2.31. The number of carbonyl (C=O) groups is 2. The third kappa shape index (κ3) is 4.39. The summed E-state index contributed by atoms with van der Waals surface area (Å²) in [4.78, 5) is 23.7. The van der Waals surface area contributed by atoms with E-state index in [1.807, 2.05) is 6.92 Å². The van der Waals surface area contributed by atoms with Gasteiger partial charge in [0.1, 0.15) is 5.82 Å². The Balaban J connectivity index is 2.25. The Labute approximate surface area is 142 Å². The molecular weight excluding hydrogens is 363 g/mol. The second-order valence-electron chi connectivity index (χ2n) is 5.01. The smallest absolute Gasteiger partial charge is 0.258 e. The van der Waals surface area contributed by atoms with E-state index in [0.29, 0.717) is 22.3 Å². The first kappa shape index (κ1) is 17.1. The van der Waals surface area contributed by atoms with E-state index in [-0.39, 0.29) is 11.5 Å². The molecule has 2 N–H and O–H groups in total. The third-order valence-corrected chi connectivity index (χ3v) is 3.76.